The number of fused-ring (bicyclic) bond motifs is 1. The second-order valence-corrected chi connectivity index (χ2v) is 10.0. The van der Waals surface area contributed by atoms with E-state index in [9.17, 15) is 9.59 Å². The Kier molecular flexibility index (Phi) is 7.34. The Bertz CT molecular complexity index is 1140. The molecule has 3 N–H and O–H groups in total. The molecule has 4 rings (SSSR count). The summed E-state index contributed by atoms with van der Waals surface area (Å²) in [5.41, 5.74) is 7.12. The van der Waals surface area contributed by atoms with Gasteiger partial charge in [0.05, 0.1) is 11.3 Å². The van der Waals surface area contributed by atoms with Gasteiger partial charge in [-0.2, -0.15) is 0 Å². The SMILES string of the molecule is CCn1c(COc2ccccc2)nnc1SCC(=O)Nc1sc2c(c1C(N)=O)CCC(C)C2. The highest BCUT2D eigenvalue weighted by Crippen LogP contribution is 2.39. The number of nitrogens with one attached hydrogen (secondary N) is 1. The first kappa shape index (κ1) is 23.3. The molecule has 1 unspecified atom stereocenters. The molecule has 2 heterocycles. The van der Waals surface area contributed by atoms with E-state index in [1.165, 1.54) is 23.1 Å². The molecular weight excluding hydrogens is 458 g/mol. The van der Waals surface area contributed by atoms with E-state index in [1.807, 2.05) is 41.8 Å². The Labute approximate surface area is 200 Å². The van der Waals surface area contributed by atoms with Crippen molar-refractivity contribution in [2.24, 2.45) is 11.7 Å². The number of nitrogens with two attached hydrogens (primary N) is 1. The predicted octanol–water partition coefficient (Wildman–Crippen LogP) is 3.89. The van der Waals surface area contributed by atoms with Crippen molar-refractivity contribution in [1.82, 2.24) is 14.8 Å². The number of thioether (sulfide) groups is 1. The minimum absolute atomic E-state index is 0.148. The average Bonchev–Trinajstić information content (AvgIpc) is 3.36. The molecule has 3 aromatic rings. The molecule has 8 nitrogen and oxygen atoms in total. The summed E-state index contributed by atoms with van der Waals surface area (Å²) in [6.07, 6.45) is 2.76. The van der Waals surface area contributed by atoms with Crippen LogP contribution in [0, 0.1) is 5.92 Å². The Morgan fingerprint density at radius 2 is 2.09 bits per heavy atom. The van der Waals surface area contributed by atoms with Crippen LogP contribution in [0.3, 0.4) is 0 Å². The number of aromatic nitrogens is 3. The minimum atomic E-state index is -0.487. The molecule has 0 saturated carbocycles. The van der Waals surface area contributed by atoms with Crippen molar-refractivity contribution in [3.63, 3.8) is 0 Å². The first-order valence-electron chi connectivity index (χ1n) is 10.9. The number of thiophene rings is 1. The van der Waals surface area contributed by atoms with Crippen LogP contribution in [-0.4, -0.2) is 32.3 Å². The van der Waals surface area contributed by atoms with Crippen LogP contribution >= 0.6 is 23.1 Å². The molecule has 2 amide bonds. The van der Waals surface area contributed by atoms with Crippen molar-refractivity contribution in [3.8, 4) is 5.75 Å². The number of para-hydroxylation sites is 1. The molecule has 2 aromatic heterocycles. The van der Waals surface area contributed by atoms with Crippen LogP contribution in [0.1, 0.15) is 46.9 Å². The fourth-order valence-corrected chi connectivity index (χ4v) is 6.16. The maximum absolute atomic E-state index is 12.7. The monoisotopic (exact) mass is 485 g/mol. The molecule has 174 valence electrons. The fourth-order valence-electron chi connectivity index (χ4n) is 3.91. The maximum atomic E-state index is 12.7. The summed E-state index contributed by atoms with van der Waals surface area (Å²) in [6.45, 7) is 5.14. The third-order valence-corrected chi connectivity index (χ3v) is 7.70. The number of carbonyl (C=O) groups is 2. The third-order valence-electron chi connectivity index (χ3n) is 5.56. The standard InChI is InChI=1S/C23H27N5O3S2/c1-3-28-18(12-31-15-7-5-4-6-8-15)26-27-23(28)32-13-19(29)25-22-20(21(24)30)16-10-9-14(2)11-17(16)33-22/h4-8,14H,3,9-13H2,1-2H3,(H2,24,30)(H,25,29). The lowest BCUT2D eigenvalue weighted by atomic mass is 9.88. The lowest BCUT2D eigenvalue weighted by molar-refractivity contribution is -0.113. The highest BCUT2D eigenvalue weighted by molar-refractivity contribution is 7.99. The van der Waals surface area contributed by atoms with Gasteiger partial charge in [-0.25, -0.2) is 0 Å². The highest BCUT2D eigenvalue weighted by Gasteiger charge is 2.27. The van der Waals surface area contributed by atoms with Gasteiger partial charge in [-0.3, -0.25) is 9.59 Å². The Balaban J connectivity index is 1.39. The number of primary amides is 1. The van der Waals surface area contributed by atoms with Gasteiger partial charge in [-0.15, -0.1) is 21.5 Å². The van der Waals surface area contributed by atoms with E-state index < -0.39 is 5.91 Å². The van der Waals surface area contributed by atoms with Gasteiger partial charge in [0, 0.05) is 11.4 Å². The van der Waals surface area contributed by atoms with Crippen LogP contribution < -0.4 is 15.8 Å². The van der Waals surface area contributed by atoms with Gasteiger partial charge in [0.1, 0.15) is 17.4 Å². The second-order valence-electron chi connectivity index (χ2n) is 8.00. The van der Waals surface area contributed by atoms with E-state index in [-0.39, 0.29) is 11.7 Å². The first-order valence-corrected chi connectivity index (χ1v) is 12.7. The minimum Gasteiger partial charge on any atom is -0.486 e. The van der Waals surface area contributed by atoms with Gasteiger partial charge in [0.25, 0.3) is 5.91 Å². The molecule has 10 heteroatoms. The van der Waals surface area contributed by atoms with E-state index in [0.29, 0.717) is 40.6 Å². The maximum Gasteiger partial charge on any atom is 0.251 e. The van der Waals surface area contributed by atoms with Crippen LogP contribution in [0.25, 0.3) is 0 Å². The summed E-state index contributed by atoms with van der Waals surface area (Å²) in [5, 5.41) is 12.6. The second kappa shape index (κ2) is 10.4. The number of hydrogen-bond donors (Lipinski definition) is 2. The van der Waals surface area contributed by atoms with Gasteiger partial charge in [-0.1, -0.05) is 36.9 Å². The summed E-state index contributed by atoms with van der Waals surface area (Å²) in [7, 11) is 0. The van der Waals surface area contributed by atoms with Crippen molar-refractivity contribution in [1.29, 1.82) is 0 Å². The van der Waals surface area contributed by atoms with Gasteiger partial charge < -0.3 is 20.4 Å². The Morgan fingerprint density at radius 3 is 2.82 bits per heavy atom. The number of amides is 2. The van der Waals surface area contributed by atoms with Crippen LogP contribution in [0.15, 0.2) is 35.5 Å². The van der Waals surface area contributed by atoms with Crippen LogP contribution in [0.2, 0.25) is 0 Å². The van der Waals surface area contributed by atoms with Crippen molar-refractivity contribution in [3.05, 3.63) is 52.2 Å². The van der Waals surface area contributed by atoms with E-state index in [2.05, 4.69) is 22.4 Å². The summed E-state index contributed by atoms with van der Waals surface area (Å²) >= 11 is 2.77. The zero-order valence-electron chi connectivity index (χ0n) is 18.7. The van der Waals surface area contributed by atoms with Crippen molar-refractivity contribution >= 4 is 39.9 Å². The number of hydrogen-bond acceptors (Lipinski definition) is 7. The third kappa shape index (κ3) is 5.39. The number of carbonyl (C=O) groups excluding carboxylic acids is 2. The molecule has 0 bridgehead atoms. The summed E-state index contributed by atoms with van der Waals surface area (Å²) in [6, 6.07) is 9.52. The number of ether oxygens (including phenoxy) is 1. The predicted molar refractivity (Wildman–Crippen MR) is 130 cm³/mol. The number of benzene rings is 1. The molecule has 0 spiro atoms. The Morgan fingerprint density at radius 1 is 1.30 bits per heavy atom. The van der Waals surface area contributed by atoms with E-state index in [1.54, 1.807) is 0 Å². The van der Waals surface area contributed by atoms with Crippen molar-refractivity contribution in [2.45, 2.75) is 51.4 Å². The number of nitrogens with zero attached hydrogens (tertiary/aromatic N) is 3. The number of anilines is 1. The zero-order chi connectivity index (χ0) is 23.4. The molecule has 0 saturated heterocycles. The first-order chi connectivity index (χ1) is 16.0. The van der Waals surface area contributed by atoms with Crippen molar-refractivity contribution in [2.75, 3.05) is 11.1 Å². The number of rotatable bonds is 9. The molecule has 1 aliphatic carbocycles. The lowest BCUT2D eigenvalue weighted by Gasteiger charge is -2.18. The zero-order valence-corrected chi connectivity index (χ0v) is 20.3. The van der Waals surface area contributed by atoms with E-state index >= 15 is 0 Å². The summed E-state index contributed by atoms with van der Waals surface area (Å²) < 4.78 is 7.71. The molecule has 1 aromatic carbocycles. The molecule has 1 atom stereocenters. The van der Waals surface area contributed by atoms with Crippen LogP contribution in [0.5, 0.6) is 5.75 Å². The average molecular weight is 486 g/mol. The largest absolute Gasteiger partial charge is 0.486 e. The highest BCUT2D eigenvalue weighted by atomic mass is 32.2. The topological polar surface area (TPSA) is 112 Å². The molecule has 0 aliphatic heterocycles. The fraction of sp³-hybridized carbons (Fsp3) is 0.391. The quantitative estimate of drug-likeness (QED) is 0.445. The molecule has 0 radical (unpaired) electrons. The van der Waals surface area contributed by atoms with Gasteiger partial charge in [-0.05, 0) is 49.8 Å². The summed E-state index contributed by atoms with van der Waals surface area (Å²) in [4.78, 5) is 25.9. The Hall–Kier alpha value is -2.85. The van der Waals surface area contributed by atoms with Gasteiger partial charge in [0.15, 0.2) is 11.0 Å². The smallest absolute Gasteiger partial charge is 0.251 e. The van der Waals surface area contributed by atoms with Gasteiger partial charge >= 0.3 is 0 Å². The summed E-state index contributed by atoms with van der Waals surface area (Å²) in [5.74, 6) is 1.47. The molecule has 33 heavy (non-hydrogen) atoms. The molecule has 0 fully saturated rings. The van der Waals surface area contributed by atoms with E-state index in [0.717, 1.165) is 35.5 Å². The molecule has 1 aliphatic rings. The van der Waals surface area contributed by atoms with Crippen LogP contribution in [0.4, 0.5) is 5.00 Å². The van der Waals surface area contributed by atoms with Crippen LogP contribution in [-0.2, 0) is 30.8 Å². The van der Waals surface area contributed by atoms with Gasteiger partial charge in [0.2, 0.25) is 5.91 Å². The van der Waals surface area contributed by atoms with Crippen molar-refractivity contribution < 1.29 is 14.3 Å². The molecular formula is C23H27N5O3S2. The lowest BCUT2D eigenvalue weighted by Crippen LogP contribution is -2.20. The van der Waals surface area contributed by atoms with E-state index in [4.69, 9.17) is 10.5 Å². The normalized spacial score (nSPS) is 15.2.